The summed E-state index contributed by atoms with van der Waals surface area (Å²) in [5, 5.41) is 0. The van der Waals surface area contributed by atoms with E-state index in [9.17, 15) is 9.59 Å². The molecule has 0 radical (unpaired) electrons. The summed E-state index contributed by atoms with van der Waals surface area (Å²) >= 11 is 0. The highest BCUT2D eigenvalue weighted by Crippen LogP contribution is 2.34. The zero-order valence-corrected chi connectivity index (χ0v) is 14.0. The van der Waals surface area contributed by atoms with Gasteiger partial charge in [0.2, 0.25) is 0 Å². The summed E-state index contributed by atoms with van der Waals surface area (Å²) < 4.78 is 18.3. The SMILES string of the molecule is CCOC(=O)c1ccc[n+]([C@@H]2O[C@H](CC)[C@@H](C)[C@H]2OC(C)=O)c1. The summed E-state index contributed by atoms with van der Waals surface area (Å²) in [6.45, 7) is 7.52. The molecule has 1 aliphatic heterocycles. The van der Waals surface area contributed by atoms with Crippen molar-refractivity contribution in [2.75, 3.05) is 6.61 Å². The number of ether oxygens (including phenoxy) is 3. The number of hydrogen-bond donors (Lipinski definition) is 0. The maximum absolute atomic E-state index is 11.9. The molecule has 0 unspecified atom stereocenters. The first-order chi connectivity index (χ1) is 11.0. The lowest BCUT2D eigenvalue weighted by Gasteiger charge is -2.17. The van der Waals surface area contributed by atoms with Gasteiger partial charge in [-0.1, -0.05) is 13.8 Å². The molecule has 23 heavy (non-hydrogen) atoms. The van der Waals surface area contributed by atoms with Crippen LogP contribution in [0.4, 0.5) is 0 Å². The third-order valence-corrected chi connectivity index (χ3v) is 4.03. The van der Waals surface area contributed by atoms with Crippen molar-refractivity contribution in [2.24, 2.45) is 5.92 Å². The fourth-order valence-corrected chi connectivity index (χ4v) is 2.90. The molecular formula is C17H24NO5+. The third-order valence-electron chi connectivity index (χ3n) is 4.03. The first-order valence-electron chi connectivity index (χ1n) is 7.98. The minimum absolute atomic E-state index is 0.00287. The van der Waals surface area contributed by atoms with Crippen LogP contribution in [0.15, 0.2) is 24.5 Å². The Kier molecular flexibility index (Phi) is 5.71. The van der Waals surface area contributed by atoms with Crippen LogP contribution in [-0.2, 0) is 19.0 Å². The summed E-state index contributed by atoms with van der Waals surface area (Å²) in [6.07, 6.45) is 3.46. The van der Waals surface area contributed by atoms with E-state index in [1.54, 1.807) is 36.0 Å². The Labute approximate surface area is 136 Å². The van der Waals surface area contributed by atoms with E-state index in [2.05, 4.69) is 0 Å². The van der Waals surface area contributed by atoms with Gasteiger partial charge in [-0.05, 0) is 19.4 Å². The van der Waals surface area contributed by atoms with Gasteiger partial charge in [0.05, 0.1) is 12.7 Å². The van der Waals surface area contributed by atoms with Crippen molar-refractivity contribution in [1.29, 1.82) is 0 Å². The molecule has 6 heteroatoms. The average Bonchev–Trinajstić information content (AvgIpc) is 2.84. The minimum Gasteiger partial charge on any atom is -0.462 e. The molecule has 1 aromatic heterocycles. The molecule has 1 fully saturated rings. The Hall–Kier alpha value is -1.95. The van der Waals surface area contributed by atoms with Gasteiger partial charge in [0, 0.05) is 18.9 Å². The first kappa shape index (κ1) is 17.4. The number of carbonyl (C=O) groups is 2. The molecule has 0 saturated carbocycles. The van der Waals surface area contributed by atoms with Crippen molar-refractivity contribution in [2.45, 2.75) is 52.6 Å². The van der Waals surface area contributed by atoms with Crippen LogP contribution in [0.5, 0.6) is 0 Å². The van der Waals surface area contributed by atoms with Crippen LogP contribution in [-0.4, -0.2) is 30.8 Å². The van der Waals surface area contributed by atoms with Crippen molar-refractivity contribution in [3.63, 3.8) is 0 Å². The second kappa shape index (κ2) is 7.55. The Bertz CT molecular complexity index is 574. The highest BCUT2D eigenvalue weighted by molar-refractivity contribution is 5.88. The normalized spacial score (nSPS) is 26.8. The topological polar surface area (TPSA) is 65.7 Å². The van der Waals surface area contributed by atoms with Crippen molar-refractivity contribution < 1.29 is 28.4 Å². The van der Waals surface area contributed by atoms with Crippen molar-refractivity contribution >= 4 is 11.9 Å². The fraction of sp³-hybridized carbons (Fsp3) is 0.588. The van der Waals surface area contributed by atoms with Crippen LogP contribution in [0.1, 0.15) is 50.7 Å². The van der Waals surface area contributed by atoms with Gasteiger partial charge in [-0.2, -0.15) is 4.57 Å². The standard InChI is InChI=1S/C17H24NO5/c1-5-14-11(3)15(22-12(4)19)16(23-14)18-9-7-8-13(10-18)17(20)21-6-2/h7-11,14-16H,5-6H2,1-4H3/q+1/t11-,14-,15-,16-/m1/s1. The van der Waals surface area contributed by atoms with Crippen LogP contribution < -0.4 is 4.57 Å². The number of carbonyl (C=O) groups excluding carboxylic acids is 2. The van der Waals surface area contributed by atoms with E-state index in [1.165, 1.54) is 6.92 Å². The minimum atomic E-state index is -0.451. The van der Waals surface area contributed by atoms with Gasteiger partial charge in [-0.25, -0.2) is 4.79 Å². The van der Waals surface area contributed by atoms with Crippen molar-refractivity contribution in [3.05, 3.63) is 30.1 Å². The van der Waals surface area contributed by atoms with Gasteiger partial charge < -0.3 is 14.2 Å². The molecule has 126 valence electrons. The molecule has 0 aliphatic carbocycles. The highest BCUT2D eigenvalue weighted by Gasteiger charge is 2.49. The van der Waals surface area contributed by atoms with Gasteiger partial charge in [-0.15, -0.1) is 0 Å². The zero-order valence-electron chi connectivity index (χ0n) is 14.0. The molecule has 0 N–H and O–H groups in total. The molecule has 0 spiro atoms. The lowest BCUT2D eigenvalue weighted by Crippen LogP contribution is -2.46. The molecular weight excluding hydrogens is 298 g/mol. The molecule has 4 atom stereocenters. The largest absolute Gasteiger partial charge is 0.462 e. The second-order valence-corrected chi connectivity index (χ2v) is 5.67. The van der Waals surface area contributed by atoms with E-state index >= 15 is 0 Å². The molecule has 0 amide bonds. The smallest absolute Gasteiger partial charge is 0.344 e. The zero-order chi connectivity index (χ0) is 17.0. The number of pyridine rings is 1. The summed E-state index contributed by atoms with van der Waals surface area (Å²) in [5.41, 5.74) is 0.437. The van der Waals surface area contributed by atoms with E-state index in [-0.39, 0.29) is 30.1 Å². The van der Waals surface area contributed by atoms with Crippen molar-refractivity contribution in [1.82, 2.24) is 0 Å². The van der Waals surface area contributed by atoms with Crippen LogP contribution in [0.25, 0.3) is 0 Å². The number of rotatable bonds is 5. The Morgan fingerprint density at radius 2 is 2.09 bits per heavy atom. The van der Waals surface area contributed by atoms with Gasteiger partial charge >= 0.3 is 18.2 Å². The predicted octanol–water partition coefficient (Wildman–Crippen LogP) is 2.03. The first-order valence-corrected chi connectivity index (χ1v) is 7.98. The van der Waals surface area contributed by atoms with Crippen LogP contribution in [0.2, 0.25) is 0 Å². The van der Waals surface area contributed by atoms with E-state index in [0.29, 0.717) is 12.2 Å². The molecule has 2 rings (SSSR count). The summed E-state index contributed by atoms with van der Waals surface area (Å²) in [6, 6.07) is 3.44. The van der Waals surface area contributed by atoms with Gasteiger partial charge in [0.25, 0.3) is 0 Å². The predicted molar refractivity (Wildman–Crippen MR) is 81.5 cm³/mol. The van der Waals surface area contributed by atoms with Gasteiger partial charge in [0.15, 0.2) is 18.5 Å². The molecule has 2 heterocycles. The number of esters is 2. The number of hydrogen-bond acceptors (Lipinski definition) is 5. The third kappa shape index (κ3) is 3.88. The van der Waals surface area contributed by atoms with Gasteiger partial charge in [0.1, 0.15) is 5.56 Å². The maximum Gasteiger partial charge on any atom is 0.344 e. The van der Waals surface area contributed by atoms with Gasteiger partial charge in [-0.3, -0.25) is 4.79 Å². The van der Waals surface area contributed by atoms with Crippen LogP contribution in [0, 0.1) is 5.92 Å². The Morgan fingerprint density at radius 3 is 2.70 bits per heavy atom. The quantitative estimate of drug-likeness (QED) is 0.613. The van der Waals surface area contributed by atoms with Crippen LogP contribution >= 0.6 is 0 Å². The molecule has 1 saturated heterocycles. The van der Waals surface area contributed by atoms with E-state index in [1.807, 2.05) is 13.8 Å². The number of nitrogens with zero attached hydrogens (tertiary/aromatic N) is 1. The van der Waals surface area contributed by atoms with E-state index in [4.69, 9.17) is 14.2 Å². The summed E-state index contributed by atoms with van der Waals surface area (Å²) in [7, 11) is 0. The Morgan fingerprint density at radius 1 is 1.35 bits per heavy atom. The molecule has 0 aromatic carbocycles. The average molecular weight is 322 g/mol. The molecule has 1 aromatic rings. The monoisotopic (exact) mass is 322 g/mol. The summed E-state index contributed by atoms with van der Waals surface area (Å²) in [4.78, 5) is 23.3. The van der Waals surface area contributed by atoms with Crippen molar-refractivity contribution in [3.8, 4) is 0 Å². The Balaban J connectivity index is 2.29. The molecule has 1 aliphatic rings. The summed E-state index contributed by atoms with van der Waals surface area (Å²) in [5.74, 6) is -0.647. The van der Waals surface area contributed by atoms with E-state index < -0.39 is 6.23 Å². The maximum atomic E-state index is 11.9. The molecule has 0 bridgehead atoms. The van der Waals surface area contributed by atoms with E-state index in [0.717, 1.165) is 6.42 Å². The second-order valence-electron chi connectivity index (χ2n) is 5.67. The fourth-order valence-electron chi connectivity index (χ4n) is 2.90. The molecule has 6 nitrogen and oxygen atoms in total. The lowest BCUT2D eigenvalue weighted by atomic mass is 9.98. The van der Waals surface area contributed by atoms with Crippen LogP contribution in [0.3, 0.4) is 0 Å². The highest BCUT2D eigenvalue weighted by atomic mass is 16.6. The lowest BCUT2D eigenvalue weighted by molar-refractivity contribution is -0.765. The number of aromatic nitrogens is 1.